The standard InChI is InChI=1S/C14H23N5O/c1-4-5-12-16-13(15-3)10-14(17-12)19-8-6-18(7-9-19)11(2)20/h10H,4-9H2,1-3H3,(H,15,16,17). The number of aryl methyl sites for hydroxylation is 1. The maximum Gasteiger partial charge on any atom is 0.219 e. The molecule has 1 amide bonds. The highest BCUT2D eigenvalue weighted by atomic mass is 16.2. The lowest BCUT2D eigenvalue weighted by molar-refractivity contribution is -0.129. The second kappa shape index (κ2) is 6.54. The van der Waals surface area contributed by atoms with Crippen LogP contribution in [0, 0.1) is 0 Å². The number of hydrogen-bond acceptors (Lipinski definition) is 5. The molecule has 20 heavy (non-hydrogen) atoms. The van der Waals surface area contributed by atoms with E-state index in [0.29, 0.717) is 0 Å². The number of nitrogens with zero attached hydrogens (tertiary/aromatic N) is 4. The molecule has 0 unspecified atom stereocenters. The number of aromatic nitrogens is 2. The van der Waals surface area contributed by atoms with Gasteiger partial charge in [0.15, 0.2) is 0 Å². The van der Waals surface area contributed by atoms with Crippen LogP contribution in [-0.2, 0) is 11.2 Å². The van der Waals surface area contributed by atoms with E-state index in [1.54, 1.807) is 6.92 Å². The van der Waals surface area contributed by atoms with E-state index < -0.39 is 0 Å². The van der Waals surface area contributed by atoms with Crippen LogP contribution in [0.3, 0.4) is 0 Å². The molecule has 0 atom stereocenters. The summed E-state index contributed by atoms with van der Waals surface area (Å²) in [6.45, 7) is 6.92. The first-order valence-electron chi connectivity index (χ1n) is 7.20. The Bertz CT molecular complexity index is 469. The van der Waals surface area contributed by atoms with E-state index in [2.05, 4.69) is 27.1 Å². The van der Waals surface area contributed by atoms with Gasteiger partial charge in [0.25, 0.3) is 0 Å². The van der Waals surface area contributed by atoms with Crippen molar-refractivity contribution in [3.05, 3.63) is 11.9 Å². The van der Waals surface area contributed by atoms with Crippen molar-refractivity contribution in [2.24, 2.45) is 0 Å². The summed E-state index contributed by atoms with van der Waals surface area (Å²) in [7, 11) is 1.87. The van der Waals surface area contributed by atoms with Crippen LogP contribution >= 0.6 is 0 Å². The van der Waals surface area contributed by atoms with Crippen LogP contribution in [0.1, 0.15) is 26.1 Å². The second-order valence-electron chi connectivity index (χ2n) is 5.02. The molecule has 0 aliphatic carbocycles. The molecule has 0 saturated carbocycles. The highest BCUT2D eigenvalue weighted by Gasteiger charge is 2.20. The molecule has 2 heterocycles. The Morgan fingerprint density at radius 1 is 1.30 bits per heavy atom. The van der Waals surface area contributed by atoms with E-state index in [9.17, 15) is 4.79 Å². The molecule has 0 aromatic carbocycles. The Balaban J connectivity index is 2.12. The molecule has 2 rings (SSSR count). The van der Waals surface area contributed by atoms with Crippen LogP contribution in [0.4, 0.5) is 11.6 Å². The predicted octanol–water partition coefficient (Wildman–Crippen LogP) is 1.14. The Morgan fingerprint density at radius 2 is 2.00 bits per heavy atom. The zero-order valence-corrected chi connectivity index (χ0v) is 12.5. The molecule has 6 nitrogen and oxygen atoms in total. The predicted molar refractivity (Wildman–Crippen MR) is 80.0 cm³/mol. The van der Waals surface area contributed by atoms with Gasteiger partial charge in [-0.1, -0.05) is 6.92 Å². The smallest absolute Gasteiger partial charge is 0.219 e. The van der Waals surface area contributed by atoms with Gasteiger partial charge in [-0.3, -0.25) is 4.79 Å². The molecule has 1 N–H and O–H groups in total. The van der Waals surface area contributed by atoms with Crippen molar-refractivity contribution in [1.82, 2.24) is 14.9 Å². The third kappa shape index (κ3) is 3.37. The quantitative estimate of drug-likeness (QED) is 0.894. The third-order valence-corrected chi connectivity index (χ3v) is 3.54. The van der Waals surface area contributed by atoms with Crippen LogP contribution in [0.25, 0.3) is 0 Å². The van der Waals surface area contributed by atoms with E-state index in [1.165, 1.54) is 0 Å². The van der Waals surface area contributed by atoms with Crippen molar-refractivity contribution in [3.8, 4) is 0 Å². The number of hydrogen-bond donors (Lipinski definition) is 1. The van der Waals surface area contributed by atoms with Gasteiger partial charge in [-0.05, 0) is 6.42 Å². The van der Waals surface area contributed by atoms with E-state index in [1.807, 2.05) is 18.0 Å². The Kier molecular flexibility index (Phi) is 4.76. The van der Waals surface area contributed by atoms with Crippen molar-refractivity contribution < 1.29 is 4.79 Å². The summed E-state index contributed by atoms with van der Waals surface area (Å²) in [5, 5.41) is 3.09. The lowest BCUT2D eigenvalue weighted by Gasteiger charge is -2.35. The zero-order chi connectivity index (χ0) is 14.5. The summed E-state index contributed by atoms with van der Waals surface area (Å²) in [6, 6.07) is 1.97. The monoisotopic (exact) mass is 277 g/mol. The van der Waals surface area contributed by atoms with Crippen molar-refractivity contribution in [2.75, 3.05) is 43.4 Å². The fraction of sp³-hybridized carbons (Fsp3) is 0.643. The summed E-state index contributed by atoms with van der Waals surface area (Å²) in [6.07, 6.45) is 1.92. The van der Waals surface area contributed by atoms with Gasteiger partial charge in [-0.2, -0.15) is 0 Å². The minimum Gasteiger partial charge on any atom is -0.373 e. The molecule has 110 valence electrons. The molecule has 1 fully saturated rings. The number of rotatable bonds is 4. The first kappa shape index (κ1) is 14.6. The first-order chi connectivity index (χ1) is 9.63. The van der Waals surface area contributed by atoms with Crippen molar-refractivity contribution in [1.29, 1.82) is 0 Å². The number of anilines is 2. The van der Waals surface area contributed by atoms with Gasteiger partial charge < -0.3 is 15.1 Å². The average molecular weight is 277 g/mol. The Morgan fingerprint density at radius 3 is 2.55 bits per heavy atom. The Labute approximate surface area is 120 Å². The fourth-order valence-electron chi connectivity index (χ4n) is 2.36. The molecule has 1 aliphatic rings. The largest absolute Gasteiger partial charge is 0.373 e. The van der Waals surface area contributed by atoms with Crippen LogP contribution in [-0.4, -0.2) is 54.0 Å². The van der Waals surface area contributed by atoms with E-state index >= 15 is 0 Å². The molecule has 1 aliphatic heterocycles. The molecule has 0 spiro atoms. The summed E-state index contributed by atoms with van der Waals surface area (Å²) in [4.78, 5) is 24.6. The third-order valence-electron chi connectivity index (χ3n) is 3.54. The summed E-state index contributed by atoms with van der Waals surface area (Å²) < 4.78 is 0. The van der Waals surface area contributed by atoms with Gasteiger partial charge in [0.05, 0.1) is 0 Å². The minimum atomic E-state index is 0.148. The van der Waals surface area contributed by atoms with Gasteiger partial charge in [0, 0.05) is 52.6 Å². The molecular formula is C14H23N5O. The lowest BCUT2D eigenvalue weighted by atomic mass is 10.3. The second-order valence-corrected chi connectivity index (χ2v) is 5.02. The van der Waals surface area contributed by atoms with Crippen molar-refractivity contribution in [3.63, 3.8) is 0 Å². The molecular weight excluding hydrogens is 254 g/mol. The van der Waals surface area contributed by atoms with E-state index in [-0.39, 0.29) is 5.91 Å². The van der Waals surface area contributed by atoms with Crippen LogP contribution in [0.15, 0.2) is 6.07 Å². The maximum atomic E-state index is 11.4. The number of piperazine rings is 1. The summed E-state index contributed by atoms with van der Waals surface area (Å²) in [5.74, 6) is 2.83. The van der Waals surface area contributed by atoms with Gasteiger partial charge in [0.1, 0.15) is 17.5 Å². The van der Waals surface area contributed by atoms with Crippen LogP contribution in [0.2, 0.25) is 0 Å². The molecule has 1 aromatic heterocycles. The van der Waals surface area contributed by atoms with Gasteiger partial charge in [0.2, 0.25) is 5.91 Å². The normalized spacial score (nSPS) is 15.3. The topological polar surface area (TPSA) is 61.4 Å². The molecule has 6 heteroatoms. The van der Waals surface area contributed by atoms with Crippen LogP contribution in [0.5, 0.6) is 0 Å². The van der Waals surface area contributed by atoms with Gasteiger partial charge in [-0.25, -0.2) is 9.97 Å². The number of carbonyl (C=O) groups excluding carboxylic acids is 1. The minimum absolute atomic E-state index is 0.148. The first-order valence-corrected chi connectivity index (χ1v) is 7.20. The number of carbonyl (C=O) groups is 1. The lowest BCUT2D eigenvalue weighted by Crippen LogP contribution is -2.48. The van der Waals surface area contributed by atoms with Gasteiger partial charge in [-0.15, -0.1) is 0 Å². The van der Waals surface area contributed by atoms with Crippen molar-refractivity contribution in [2.45, 2.75) is 26.7 Å². The fourth-order valence-corrected chi connectivity index (χ4v) is 2.36. The highest BCUT2D eigenvalue weighted by Crippen LogP contribution is 2.18. The summed E-state index contributed by atoms with van der Waals surface area (Å²) >= 11 is 0. The van der Waals surface area contributed by atoms with Gasteiger partial charge >= 0.3 is 0 Å². The molecule has 1 aromatic rings. The number of amides is 1. The maximum absolute atomic E-state index is 11.4. The zero-order valence-electron chi connectivity index (χ0n) is 12.5. The Hall–Kier alpha value is -1.85. The molecule has 0 radical (unpaired) electrons. The number of nitrogens with one attached hydrogen (secondary N) is 1. The van der Waals surface area contributed by atoms with Crippen LogP contribution < -0.4 is 10.2 Å². The summed E-state index contributed by atoms with van der Waals surface area (Å²) in [5.41, 5.74) is 0. The molecule has 1 saturated heterocycles. The SMILES string of the molecule is CCCc1nc(NC)cc(N2CCN(C(C)=O)CC2)n1. The highest BCUT2D eigenvalue weighted by molar-refractivity contribution is 5.73. The van der Waals surface area contributed by atoms with E-state index in [0.717, 1.165) is 56.5 Å². The molecule has 0 bridgehead atoms. The van der Waals surface area contributed by atoms with E-state index in [4.69, 9.17) is 0 Å². The average Bonchev–Trinajstić information content (AvgIpc) is 2.47. The van der Waals surface area contributed by atoms with Crippen molar-refractivity contribution >= 4 is 17.5 Å².